The van der Waals surface area contributed by atoms with Crippen LogP contribution in [0.3, 0.4) is 0 Å². The van der Waals surface area contributed by atoms with Crippen molar-refractivity contribution in [2.75, 3.05) is 0 Å². The van der Waals surface area contributed by atoms with Gasteiger partial charge in [-0.1, -0.05) is 0 Å². The molecule has 0 saturated carbocycles. The van der Waals surface area contributed by atoms with Crippen molar-refractivity contribution in [1.82, 2.24) is 0 Å². The van der Waals surface area contributed by atoms with E-state index in [0.717, 1.165) is 0 Å². The van der Waals surface area contributed by atoms with Gasteiger partial charge in [-0.05, 0) is 12.8 Å². The summed E-state index contributed by atoms with van der Waals surface area (Å²) in [7, 11) is 0. The predicted molar refractivity (Wildman–Crippen MR) is 36.6 cm³/mol. The molecule has 0 saturated heterocycles. The molecule has 0 aliphatic carbocycles. The minimum Gasteiger partial charge on any atom is -0.481 e. The zero-order valence-electron chi connectivity index (χ0n) is 6.27. The fourth-order valence-electron chi connectivity index (χ4n) is 0.660. The van der Waals surface area contributed by atoms with Crippen LogP contribution in [0.1, 0.15) is 19.3 Å². The van der Waals surface area contributed by atoms with Crippen LogP contribution in [0, 0.1) is 0 Å². The molecule has 0 rings (SSSR count). The summed E-state index contributed by atoms with van der Waals surface area (Å²) in [6, 6.07) is 0. The van der Waals surface area contributed by atoms with Crippen LogP contribution < -0.4 is 0 Å². The Hall–Kier alpha value is -1.14. The van der Waals surface area contributed by atoms with Gasteiger partial charge in [0.2, 0.25) is 0 Å². The molecule has 0 bridgehead atoms. The lowest BCUT2D eigenvalue weighted by Crippen LogP contribution is -2.22. The Labute approximate surface area is 68.3 Å². The van der Waals surface area contributed by atoms with Crippen molar-refractivity contribution in [2.24, 2.45) is 0 Å². The van der Waals surface area contributed by atoms with Gasteiger partial charge in [-0.15, -0.1) is 0 Å². The Morgan fingerprint density at radius 1 is 1.33 bits per heavy atom. The first-order valence-electron chi connectivity index (χ1n) is 3.32. The van der Waals surface area contributed by atoms with Crippen LogP contribution in [0.25, 0.3) is 0 Å². The van der Waals surface area contributed by atoms with Gasteiger partial charge >= 0.3 is 11.9 Å². The second-order valence-electron chi connectivity index (χ2n) is 2.22. The molecule has 0 fully saturated rings. The van der Waals surface area contributed by atoms with Crippen molar-refractivity contribution < 1.29 is 29.9 Å². The molecule has 70 valence electrons. The first-order valence-corrected chi connectivity index (χ1v) is 3.32. The maximum absolute atomic E-state index is 10.2. The number of hydrogen-bond acceptors (Lipinski definition) is 4. The fourth-order valence-corrected chi connectivity index (χ4v) is 0.660. The quantitative estimate of drug-likeness (QED) is 0.396. The molecule has 1 unspecified atom stereocenters. The van der Waals surface area contributed by atoms with Gasteiger partial charge in [0.05, 0.1) is 0 Å². The van der Waals surface area contributed by atoms with Crippen LogP contribution in [0.4, 0.5) is 0 Å². The van der Waals surface area contributed by atoms with Crippen molar-refractivity contribution in [3.8, 4) is 0 Å². The molecule has 6 nitrogen and oxygen atoms in total. The molecule has 1 atom stereocenters. The van der Waals surface area contributed by atoms with Gasteiger partial charge in [0.25, 0.3) is 0 Å². The second kappa shape index (κ2) is 5.50. The predicted octanol–water partition coefficient (Wildman–Crippen LogP) is 0.184. The summed E-state index contributed by atoms with van der Waals surface area (Å²) in [4.78, 5) is 23.8. The van der Waals surface area contributed by atoms with Crippen LogP contribution in [0.5, 0.6) is 0 Å². The number of carboxylic acid groups (broad SMARTS) is 2. The maximum Gasteiger partial charge on any atom is 0.336 e. The first kappa shape index (κ1) is 10.9. The van der Waals surface area contributed by atoms with Crippen molar-refractivity contribution in [3.63, 3.8) is 0 Å². The summed E-state index contributed by atoms with van der Waals surface area (Å²) in [6.45, 7) is 0. The van der Waals surface area contributed by atoms with Crippen LogP contribution >= 0.6 is 0 Å². The summed E-state index contributed by atoms with van der Waals surface area (Å²) in [5, 5.41) is 24.5. The van der Waals surface area contributed by atoms with E-state index in [-0.39, 0.29) is 19.3 Å². The zero-order chi connectivity index (χ0) is 9.56. The van der Waals surface area contributed by atoms with E-state index in [1.807, 2.05) is 0 Å². The smallest absolute Gasteiger partial charge is 0.336 e. The van der Waals surface area contributed by atoms with E-state index in [9.17, 15) is 9.59 Å². The highest BCUT2D eigenvalue weighted by atomic mass is 17.1. The highest BCUT2D eigenvalue weighted by molar-refractivity contribution is 5.72. The van der Waals surface area contributed by atoms with Crippen molar-refractivity contribution in [2.45, 2.75) is 25.4 Å². The van der Waals surface area contributed by atoms with Crippen LogP contribution in [0.15, 0.2) is 0 Å². The third-order valence-electron chi connectivity index (χ3n) is 1.26. The molecule has 0 aliphatic rings. The Morgan fingerprint density at radius 3 is 2.25 bits per heavy atom. The molecule has 0 aromatic carbocycles. The summed E-state index contributed by atoms with van der Waals surface area (Å²) >= 11 is 0. The molecule has 0 spiro atoms. The summed E-state index contributed by atoms with van der Waals surface area (Å²) in [5.41, 5.74) is 0. The van der Waals surface area contributed by atoms with E-state index in [1.165, 1.54) is 0 Å². The molecule has 3 N–H and O–H groups in total. The van der Waals surface area contributed by atoms with Gasteiger partial charge in [0, 0.05) is 6.42 Å². The van der Waals surface area contributed by atoms with Gasteiger partial charge in [-0.25, -0.2) is 9.68 Å². The minimum atomic E-state index is -1.33. The topological polar surface area (TPSA) is 104 Å². The third kappa shape index (κ3) is 4.64. The number of rotatable bonds is 6. The normalized spacial score (nSPS) is 12.4. The van der Waals surface area contributed by atoms with E-state index in [4.69, 9.17) is 15.5 Å². The summed E-state index contributed by atoms with van der Waals surface area (Å²) in [5.74, 6) is -2.31. The number of carboxylic acids is 2. The van der Waals surface area contributed by atoms with Gasteiger partial charge in [0.15, 0.2) is 6.10 Å². The molecule has 6 heteroatoms. The summed E-state index contributed by atoms with van der Waals surface area (Å²) in [6.07, 6.45) is -1.32. The molecule has 0 aromatic rings. The van der Waals surface area contributed by atoms with Crippen molar-refractivity contribution in [1.29, 1.82) is 0 Å². The van der Waals surface area contributed by atoms with Crippen LogP contribution in [-0.4, -0.2) is 33.5 Å². The molecule has 0 radical (unpaired) electrons. The lowest BCUT2D eigenvalue weighted by atomic mass is 10.1. The molecule has 0 heterocycles. The number of carbonyl (C=O) groups is 2. The van der Waals surface area contributed by atoms with E-state index in [0.29, 0.717) is 0 Å². The Bertz CT molecular complexity index is 165. The van der Waals surface area contributed by atoms with Gasteiger partial charge in [-0.2, -0.15) is 0 Å². The minimum absolute atomic E-state index is 0.0157. The molecular formula is C6H10O6. The van der Waals surface area contributed by atoms with E-state index >= 15 is 0 Å². The van der Waals surface area contributed by atoms with Crippen LogP contribution in [-0.2, 0) is 14.5 Å². The third-order valence-corrected chi connectivity index (χ3v) is 1.26. The Kier molecular flexibility index (Phi) is 4.98. The lowest BCUT2D eigenvalue weighted by Gasteiger charge is -2.05. The fraction of sp³-hybridized carbons (Fsp3) is 0.667. The average molecular weight is 178 g/mol. The van der Waals surface area contributed by atoms with E-state index in [1.54, 1.807) is 0 Å². The highest BCUT2D eigenvalue weighted by Crippen LogP contribution is 2.03. The molecule has 0 amide bonds. The number of aliphatic carboxylic acids is 2. The molecule has 0 aromatic heterocycles. The largest absolute Gasteiger partial charge is 0.481 e. The Balaban J connectivity index is 3.59. The molecule has 12 heavy (non-hydrogen) atoms. The molecule has 0 aliphatic heterocycles. The van der Waals surface area contributed by atoms with E-state index < -0.39 is 18.0 Å². The second-order valence-corrected chi connectivity index (χ2v) is 2.22. The van der Waals surface area contributed by atoms with Crippen LogP contribution in [0.2, 0.25) is 0 Å². The maximum atomic E-state index is 10.2. The highest BCUT2D eigenvalue weighted by Gasteiger charge is 2.17. The SMILES string of the molecule is O=C(O)CCCC(OO)C(=O)O. The standard InChI is InChI=1S/C6H10O6/c7-5(8)3-1-2-4(12-11)6(9)10/h4,11H,1-3H2,(H,7,8)(H,9,10). The lowest BCUT2D eigenvalue weighted by molar-refractivity contribution is -0.277. The zero-order valence-corrected chi connectivity index (χ0v) is 6.27. The average Bonchev–Trinajstić information content (AvgIpc) is 1.96. The first-order chi connectivity index (χ1) is 5.57. The van der Waals surface area contributed by atoms with Gasteiger partial charge in [-0.3, -0.25) is 10.1 Å². The Morgan fingerprint density at radius 2 is 1.92 bits per heavy atom. The van der Waals surface area contributed by atoms with Gasteiger partial charge in [0.1, 0.15) is 0 Å². The number of hydrogen-bond donors (Lipinski definition) is 3. The summed E-state index contributed by atoms with van der Waals surface area (Å²) < 4.78 is 0. The van der Waals surface area contributed by atoms with Crippen molar-refractivity contribution in [3.05, 3.63) is 0 Å². The molecular weight excluding hydrogens is 168 g/mol. The van der Waals surface area contributed by atoms with E-state index in [2.05, 4.69) is 4.89 Å². The van der Waals surface area contributed by atoms with Crippen molar-refractivity contribution >= 4 is 11.9 Å². The monoisotopic (exact) mass is 178 g/mol. The van der Waals surface area contributed by atoms with Gasteiger partial charge < -0.3 is 10.2 Å².